The van der Waals surface area contributed by atoms with Gasteiger partial charge in [-0.2, -0.15) is 0 Å². The van der Waals surface area contributed by atoms with Gasteiger partial charge in [-0.3, -0.25) is 9.59 Å². The number of carbonyl (C=O) groups is 2. The van der Waals surface area contributed by atoms with Crippen LogP contribution in [0.2, 0.25) is 0 Å². The van der Waals surface area contributed by atoms with Crippen molar-refractivity contribution < 1.29 is 19.1 Å². The second kappa shape index (κ2) is 11.9. The highest BCUT2D eigenvalue weighted by atomic mass is 16.5. The number of nitrogens with one attached hydrogen (secondary N) is 2. The van der Waals surface area contributed by atoms with Crippen molar-refractivity contribution >= 4 is 11.8 Å². The van der Waals surface area contributed by atoms with Crippen molar-refractivity contribution in [3.63, 3.8) is 0 Å². The van der Waals surface area contributed by atoms with Gasteiger partial charge < -0.3 is 20.1 Å². The maximum Gasteiger partial charge on any atom is 0.220 e. The van der Waals surface area contributed by atoms with Gasteiger partial charge in [-0.15, -0.1) is 0 Å². The van der Waals surface area contributed by atoms with Crippen LogP contribution in [0.25, 0.3) is 0 Å². The zero-order valence-corrected chi connectivity index (χ0v) is 18.2. The highest BCUT2D eigenvalue weighted by Gasteiger charge is 2.07. The first-order chi connectivity index (χ1) is 14.3. The fourth-order valence-corrected chi connectivity index (χ4v) is 2.72. The molecule has 0 saturated heterocycles. The lowest BCUT2D eigenvalue weighted by atomic mass is 10.2. The third-order valence-electron chi connectivity index (χ3n) is 4.15. The molecule has 0 saturated carbocycles. The molecule has 0 aliphatic heterocycles. The Morgan fingerprint density at radius 1 is 0.667 bits per heavy atom. The minimum Gasteiger partial charge on any atom is -0.491 e. The third-order valence-corrected chi connectivity index (χ3v) is 4.15. The van der Waals surface area contributed by atoms with Gasteiger partial charge in [0.05, 0.1) is 12.2 Å². The molecule has 6 nitrogen and oxygen atoms in total. The Labute approximate surface area is 179 Å². The number of hydrogen-bond donors (Lipinski definition) is 2. The predicted molar refractivity (Wildman–Crippen MR) is 117 cm³/mol. The van der Waals surface area contributed by atoms with E-state index in [0.717, 1.165) is 22.6 Å². The van der Waals surface area contributed by atoms with Gasteiger partial charge in [0.15, 0.2) is 0 Å². The first-order valence-electron chi connectivity index (χ1n) is 10.4. The van der Waals surface area contributed by atoms with Crippen molar-refractivity contribution in [1.82, 2.24) is 10.6 Å². The number of ether oxygens (including phenoxy) is 2. The molecular weight excluding hydrogens is 380 g/mol. The second-order valence-corrected chi connectivity index (χ2v) is 7.67. The van der Waals surface area contributed by atoms with E-state index in [1.54, 1.807) is 0 Å². The molecule has 0 spiro atoms. The highest BCUT2D eigenvalue weighted by molar-refractivity contribution is 5.83. The summed E-state index contributed by atoms with van der Waals surface area (Å²) in [5.41, 5.74) is 1.96. The maximum absolute atomic E-state index is 12.0. The normalized spacial score (nSPS) is 10.7. The van der Waals surface area contributed by atoms with Crippen LogP contribution in [-0.4, -0.2) is 24.0 Å². The van der Waals surface area contributed by atoms with Crippen LogP contribution >= 0.6 is 0 Å². The summed E-state index contributed by atoms with van der Waals surface area (Å²) in [5, 5.41) is 5.67. The first-order valence-corrected chi connectivity index (χ1v) is 10.4. The Bertz CT molecular complexity index is 729. The van der Waals surface area contributed by atoms with Crippen LogP contribution < -0.4 is 20.1 Å². The smallest absolute Gasteiger partial charge is 0.220 e. The van der Waals surface area contributed by atoms with Crippen molar-refractivity contribution in [3.8, 4) is 11.5 Å². The molecule has 162 valence electrons. The van der Waals surface area contributed by atoms with E-state index in [4.69, 9.17) is 9.47 Å². The lowest BCUT2D eigenvalue weighted by Gasteiger charge is -2.11. The second-order valence-electron chi connectivity index (χ2n) is 7.67. The van der Waals surface area contributed by atoms with Crippen LogP contribution in [0, 0.1) is 0 Å². The van der Waals surface area contributed by atoms with E-state index in [1.165, 1.54) is 0 Å². The summed E-state index contributed by atoms with van der Waals surface area (Å²) in [6.07, 6.45) is 0.559. The van der Waals surface area contributed by atoms with Gasteiger partial charge >= 0.3 is 0 Å². The average Bonchev–Trinajstić information content (AvgIpc) is 2.70. The summed E-state index contributed by atoms with van der Waals surface area (Å²) in [6.45, 7) is 8.75. The van der Waals surface area contributed by atoms with E-state index < -0.39 is 0 Å². The van der Waals surface area contributed by atoms with Crippen LogP contribution in [0.3, 0.4) is 0 Å². The van der Waals surface area contributed by atoms with Gasteiger partial charge in [-0.05, 0) is 63.1 Å². The molecule has 2 amide bonds. The monoisotopic (exact) mass is 412 g/mol. The van der Waals surface area contributed by atoms with E-state index in [9.17, 15) is 9.59 Å². The van der Waals surface area contributed by atoms with Crippen molar-refractivity contribution in [3.05, 3.63) is 59.7 Å². The van der Waals surface area contributed by atoms with Gasteiger partial charge in [0.2, 0.25) is 11.8 Å². The summed E-state index contributed by atoms with van der Waals surface area (Å²) in [5.74, 6) is 1.31. The first kappa shape index (κ1) is 23.3. The fourth-order valence-electron chi connectivity index (χ4n) is 2.72. The van der Waals surface area contributed by atoms with Gasteiger partial charge in [-0.1, -0.05) is 24.3 Å². The Balaban J connectivity index is 1.65. The summed E-state index contributed by atoms with van der Waals surface area (Å²) in [4.78, 5) is 24.0. The average molecular weight is 413 g/mol. The third kappa shape index (κ3) is 8.99. The minimum atomic E-state index is -0.150. The summed E-state index contributed by atoms with van der Waals surface area (Å²) in [6, 6.07) is 15.2. The number of carbonyl (C=O) groups excluding carboxylic acids is 2. The Morgan fingerprint density at radius 2 is 1.00 bits per heavy atom. The molecule has 0 radical (unpaired) electrons. The maximum atomic E-state index is 12.0. The lowest BCUT2D eigenvalue weighted by molar-refractivity contribution is -0.126. The zero-order chi connectivity index (χ0) is 21.9. The Kier molecular flexibility index (Phi) is 9.19. The van der Waals surface area contributed by atoms with Crippen molar-refractivity contribution in [1.29, 1.82) is 0 Å². The molecule has 6 heteroatoms. The molecule has 0 aliphatic rings. The molecule has 0 unspecified atom stereocenters. The van der Waals surface area contributed by atoms with E-state index >= 15 is 0 Å². The minimum absolute atomic E-state index is 0.125. The summed E-state index contributed by atoms with van der Waals surface area (Å²) < 4.78 is 11.2. The van der Waals surface area contributed by atoms with E-state index in [1.807, 2.05) is 76.2 Å². The van der Waals surface area contributed by atoms with E-state index in [-0.39, 0.29) is 36.9 Å². The van der Waals surface area contributed by atoms with Gasteiger partial charge in [0.25, 0.3) is 0 Å². The molecule has 2 aromatic carbocycles. The number of benzene rings is 2. The van der Waals surface area contributed by atoms with Crippen molar-refractivity contribution in [2.24, 2.45) is 0 Å². The van der Waals surface area contributed by atoms with Crippen LogP contribution in [0.1, 0.15) is 51.7 Å². The van der Waals surface area contributed by atoms with Crippen LogP contribution in [-0.2, 0) is 22.7 Å². The topological polar surface area (TPSA) is 76.7 Å². The number of amides is 2. The lowest BCUT2D eigenvalue weighted by Crippen LogP contribution is -2.27. The van der Waals surface area contributed by atoms with Crippen LogP contribution in [0.5, 0.6) is 11.5 Å². The van der Waals surface area contributed by atoms with Crippen LogP contribution in [0.4, 0.5) is 0 Å². The summed E-state index contributed by atoms with van der Waals surface area (Å²) in [7, 11) is 0. The molecule has 0 aromatic heterocycles. The van der Waals surface area contributed by atoms with Gasteiger partial charge in [0.1, 0.15) is 11.5 Å². The molecule has 0 heterocycles. The molecule has 30 heavy (non-hydrogen) atoms. The van der Waals surface area contributed by atoms with Crippen LogP contribution in [0.15, 0.2) is 48.5 Å². The fraction of sp³-hybridized carbons (Fsp3) is 0.417. The van der Waals surface area contributed by atoms with E-state index in [2.05, 4.69) is 10.6 Å². The summed E-state index contributed by atoms with van der Waals surface area (Å²) >= 11 is 0. The van der Waals surface area contributed by atoms with Gasteiger partial charge in [0, 0.05) is 25.9 Å². The molecule has 2 aromatic rings. The van der Waals surface area contributed by atoms with Crippen molar-refractivity contribution in [2.75, 3.05) is 0 Å². The molecule has 2 N–H and O–H groups in total. The quantitative estimate of drug-likeness (QED) is 0.585. The molecule has 2 rings (SSSR count). The predicted octanol–water partition coefficient (Wildman–Crippen LogP) is 3.97. The SMILES string of the molecule is CC(C)Oc1ccc(CNC(=O)CCC(=O)NCc2ccc(OC(C)C)cc2)cc1. The largest absolute Gasteiger partial charge is 0.491 e. The van der Waals surface area contributed by atoms with Crippen molar-refractivity contribution in [2.45, 2.75) is 65.8 Å². The molecule has 0 bridgehead atoms. The zero-order valence-electron chi connectivity index (χ0n) is 18.2. The molecule has 0 atom stereocenters. The molecular formula is C24H32N2O4. The standard InChI is InChI=1S/C24H32N2O4/c1-17(2)29-21-9-5-19(6-10-21)15-25-23(27)13-14-24(28)26-16-20-7-11-22(12-8-20)30-18(3)4/h5-12,17-18H,13-16H2,1-4H3,(H,25,27)(H,26,28). The highest BCUT2D eigenvalue weighted by Crippen LogP contribution is 2.14. The van der Waals surface area contributed by atoms with Gasteiger partial charge in [-0.25, -0.2) is 0 Å². The molecule has 0 fully saturated rings. The molecule has 0 aliphatic carbocycles. The Hall–Kier alpha value is -3.02. The Morgan fingerprint density at radius 3 is 1.30 bits per heavy atom. The number of rotatable bonds is 11. The number of hydrogen-bond acceptors (Lipinski definition) is 4. The van der Waals surface area contributed by atoms with E-state index in [0.29, 0.717) is 13.1 Å².